The molecule has 0 aliphatic heterocycles. The summed E-state index contributed by atoms with van der Waals surface area (Å²) in [4.78, 5) is 13.4. The maximum absolute atomic E-state index is 12.4. The number of likely N-dealkylation sites (N-methyl/N-ethyl adjacent to an activating group) is 1. The topological polar surface area (TPSA) is 52.0 Å². The molecule has 2 aromatic rings. The zero-order valence-corrected chi connectivity index (χ0v) is 16.7. The molecular weight excluding hydrogens is 352 g/mol. The molecule has 6 heteroatoms. The minimum atomic E-state index is -0.0500. The number of methoxy groups -OCH3 is 2. The fraction of sp³-hybridized carbons (Fsp3) is 0.350. The van der Waals surface area contributed by atoms with E-state index in [1.807, 2.05) is 51.2 Å². The summed E-state index contributed by atoms with van der Waals surface area (Å²) in [5.41, 5.74) is 3.84. The van der Waals surface area contributed by atoms with Gasteiger partial charge >= 0.3 is 0 Å². The van der Waals surface area contributed by atoms with Crippen LogP contribution in [0.1, 0.15) is 16.7 Å². The standard InChI is InChI=1S/C20H25ClN2O3/c1-13-9-18(25-4)19(26-5)10-15(13)11-23(3)12-20(24)22-17-8-6-7-16(21)14(17)2/h6-10H,11-12H2,1-5H3,(H,22,24)/p+1. The second-order valence-electron chi connectivity index (χ2n) is 6.40. The first-order chi connectivity index (χ1) is 12.3. The number of rotatable bonds is 7. The number of aryl methyl sites for hydroxylation is 1. The number of hydrogen-bond acceptors (Lipinski definition) is 3. The monoisotopic (exact) mass is 377 g/mol. The van der Waals surface area contributed by atoms with Crippen molar-refractivity contribution in [3.05, 3.63) is 52.0 Å². The Morgan fingerprint density at radius 2 is 1.81 bits per heavy atom. The zero-order chi connectivity index (χ0) is 19.3. The van der Waals surface area contributed by atoms with Gasteiger partial charge in [0.25, 0.3) is 5.91 Å². The average molecular weight is 378 g/mol. The summed E-state index contributed by atoms with van der Waals surface area (Å²) >= 11 is 6.10. The molecule has 2 aromatic carbocycles. The van der Waals surface area contributed by atoms with E-state index in [-0.39, 0.29) is 5.91 Å². The molecule has 0 bridgehead atoms. The highest BCUT2D eigenvalue weighted by Gasteiger charge is 2.15. The van der Waals surface area contributed by atoms with E-state index in [4.69, 9.17) is 21.1 Å². The Balaban J connectivity index is 2.03. The number of ether oxygens (including phenoxy) is 2. The molecule has 140 valence electrons. The maximum Gasteiger partial charge on any atom is 0.279 e. The van der Waals surface area contributed by atoms with Crippen LogP contribution in [0.3, 0.4) is 0 Å². The first-order valence-corrected chi connectivity index (χ1v) is 8.81. The van der Waals surface area contributed by atoms with Crippen molar-refractivity contribution in [2.24, 2.45) is 0 Å². The second kappa shape index (κ2) is 8.92. The van der Waals surface area contributed by atoms with Gasteiger partial charge in [-0.1, -0.05) is 17.7 Å². The number of carbonyl (C=O) groups is 1. The average Bonchev–Trinajstić information content (AvgIpc) is 2.60. The number of quaternary nitrogens is 1. The van der Waals surface area contributed by atoms with Gasteiger partial charge in [0, 0.05) is 16.3 Å². The van der Waals surface area contributed by atoms with E-state index in [0.717, 1.165) is 27.3 Å². The van der Waals surface area contributed by atoms with Gasteiger partial charge in [0.1, 0.15) is 6.54 Å². The van der Waals surface area contributed by atoms with Crippen LogP contribution < -0.4 is 19.7 Å². The zero-order valence-electron chi connectivity index (χ0n) is 15.9. The highest BCUT2D eigenvalue weighted by molar-refractivity contribution is 6.31. The molecule has 0 heterocycles. The first-order valence-electron chi connectivity index (χ1n) is 8.43. The molecule has 0 aliphatic carbocycles. The fourth-order valence-corrected chi connectivity index (χ4v) is 2.99. The van der Waals surface area contributed by atoms with Crippen LogP contribution in [0, 0.1) is 13.8 Å². The van der Waals surface area contributed by atoms with E-state index >= 15 is 0 Å². The summed E-state index contributed by atoms with van der Waals surface area (Å²) in [6.45, 7) is 4.97. The smallest absolute Gasteiger partial charge is 0.279 e. The van der Waals surface area contributed by atoms with Crippen molar-refractivity contribution in [3.63, 3.8) is 0 Å². The summed E-state index contributed by atoms with van der Waals surface area (Å²) < 4.78 is 10.7. The predicted molar refractivity (Wildman–Crippen MR) is 105 cm³/mol. The summed E-state index contributed by atoms with van der Waals surface area (Å²) in [6.07, 6.45) is 0. The van der Waals surface area contributed by atoms with Crippen molar-refractivity contribution in [1.29, 1.82) is 0 Å². The Morgan fingerprint density at radius 3 is 2.46 bits per heavy atom. The molecular formula is C20H26ClN2O3+. The van der Waals surface area contributed by atoms with Crippen molar-refractivity contribution in [2.45, 2.75) is 20.4 Å². The lowest BCUT2D eigenvalue weighted by Crippen LogP contribution is -3.08. The van der Waals surface area contributed by atoms with Gasteiger partial charge in [-0.05, 0) is 49.2 Å². The molecule has 0 aromatic heterocycles. The number of benzene rings is 2. The van der Waals surface area contributed by atoms with Crippen molar-refractivity contribution in [2.75, 3.05) is 33.1 Å². The number of anilines is 1. The molecule has 1 amide bonds. The first kappa shape index (κ1) is 20.1. The van der Waals surface area contributed by atoms with E-state index in [1.54, 1.807) is 14.2 Å². The van der Waals surface area contributed by atoms with Crippen molar-refractivity contribution in [1.82, 2.24) is 0 Å². The number of halogens is 1. The van der Waals surface area contributed by atoms with Crippen molar-refractivity contribution in [3.8, 4) is 11.5 Å². The highest BCUT2D eigenvalue weighted by atomic mass is 35.5. The molecule has 2 N–H and O–H groups in total. The molecule has 0 saturated heterocycles. The van der Waals surface area contributed by atoms with E-state index < -0.39 is 0 Å². The number of hydrogen-bond donors (Lipinski definition) is 2. The molecule has 0 spiro atoms. The minimum absolute atomic E-state index is 0.0500. The highest BCUT2D eigenvalue weighted by Crippen LogP contribution is 2.29. The second-order valence-corrected chi connectivity index (χ2v) is 6.81. The third kappa shape index (κ3) is 4.90. The molecule has 1 atom stereocenters. The van der Waals surface area contributed by atoms with Crippen LogP contribution in [0.4, 0.5) is 5.69 Å². The van der Waals surface area contributed by atoms with Crippen molar-refractivity contribution >= 4 is 23.2 Å². The van der Waals surface area contributed by atoms with Gasteiger partial charge in [-0.2, -0.15) is 0 Å². The van der Waals surface area contributed by atoms with Gasteiger partial charge in [-0.15, -0.1) is 0 Å². The molecule has 0 radical (unpaired) electrons. The Morgan fingerprint density at radius 1 is 1.15 bits per heavy atom. The number of nitrogens with one attached hydrogen (secondary N) is 2. The predicted octanol–water partition coefficient (Wildman–Crippen LogP) is 2.63. The third-order valence-electron chi connectivity index (χ3n) is 4.34. The molecule has 1 unspecified atom stereocenters. The number of carbonyl (C=O) groups excluding carboxylic acids is 1. The van der Waals surface area contributed by atoms with Gasteiger partial charge in [-0.3, -0.25) is 4.79 Å². The largest absolute Gasteiger partial charge is 0.493 e. The van der Waals surface area contributed by atoms with Crippen LogP contribution in [0.15, 0.2) is 30.3 Å². The summed E-state index contributed by atoms with van der Waals surface area (Å²) in [7, 11) is 5.23. The van der Waals surface area contributed by atoms with Crippen LogP contribution >= 0.6 is 11.6 Å². The van der Waals surface area contributed by atoms with E-state index in [9.17, 15) is 4.79 Å². The van der Waals surface area contributed by atoms with Crippen molar-refractivity contribution < 1.29 is 19.2 Å². The maximum atomic E-state index is 12.4. The van der Waals surface area contributed by atoms with Gasteiger partial charge in [-0.25, -0.2) is 0 Å². The molecule has 2 rings (SSSR count). The normalized spacial score (nSPS) is 11.8. The molecule has 5 nitrogen and oxygen atoms in total. The fourth-order valence-electron chi connectivity index (χ4n) is 2.81. The van der Waals surface area contributed by atoms with Gasteiger partial charge < -0.3 is 19.7 Å². The lowest BCUT2D eigenvalue weighted by atomic mass is 10.1. The van der Waals surface area contributed by atoms with E-state index in [2.05, 4.69) is 5.32 Å². The molecule has 0 saturated carbocycles. The quantitative estimate of drug-likeness (QED) is 0.780. The Labute approximate surface area is 159 Å². The lowest BCUT2D eigenvalue weighted by Gasteiger charge is -2.17. The van der Waals surface area contributed by atoms with Crippen LogP contribution in [0.2, 0.25) is 5.02 Å². The van der Waals surface area contributed by atoms with Gasteiger partial charge in [0.2, 0.25) is 0 Å². The van der Waals surface area contributed by atoms with Crippen LogP contribution in [-0.2, 0) is 11.3 Å². The third-order valence-corrected chi connectivity index (χ3v) is 4.75. The Bertz CT molecular complexity index is 793. The van der Waals surface area contributed by atoms with Gasteiger partial charge in [0.05, 0.1) is 21.3 Å². The van der Waals surface area contributed by atoms with Gasteiger partial charge in [0.15, 0.2) is 18.0 Å². The summed E-state index contributed by atoms with van der Waals surface area (Å²) in [6, 6.07) is 9.42. The van der Waals surface area contributed by atoms with Crippen LogP contribution in [0.25, 0.3) is 0 Å². The van der Waals surface area contributed by atoms with E-state index in [0.29, 0.717) is 29.6 Å². The lowest BCUT2D eigenvalue weighted by molar-refractivity contribution is -0.885. The molecule has 26 heavy (non-hydrogen) atoms. The van der Waals surface area contributed by atoms with Crippen LogP contribution in [0.5, 0.6) is 11.5 Å². The summed E-state index contributed by atoms with van der Waals surface area (Å²) in [5, 5.41) is 3.58. The SMILES string of the molecule is COc1cc(C)c(C[NH+](C)CC(=O)Nc2cccc(Cl)c2C)cc1OC. The Kier molecular flexibility index (Phi) is 6.89. The Hall–Kier alpha value is -2.24. The molecule has 0 fully saturated rings. The minimum Gasteiger partial charge on any atom is -0.493 e. The molecule has 0 aliphatic rings. The van der Waals surface area contributed by atoms with E-state index in [1.165, 1.54) is 0 Å². The number of amides is 1. The summed E-state index contributed by atoms with van der Waals surface area (Å²) in [5.74, 6) is 1.35. The van der Waals surface area contributed by atoms with Crippen LogP contribution in [-0.4, -0.2) is 33.7 Å².